The second kappa shape index (κ2) is 9.09. The molecule has 22 heavy (non-hydrogen) atoms. The van der Waals surface area contributed by atoms with Crippen molar-refractivity contribution in [2.24, 2.45) is 5.10 Å². The van der Waals surface area contributed by atoms with E-state index in [2.05, 4.69) is 15.5 Å². The van der Waals surface area contributed by atoms with Crippen LogP contribution in [0, 0.1) is 0 Å². The van der Waals surface area contributed by atoms with Crippen LogP contribution in [0.15, 0.2) is 47.8 Å². The first-order valence-electron chi connectivity index (χ1n) is 6.26. The molecule has 0 bridgehead atoms. The fraction of sp³-hybridized carbons (Fsp3) is 0.133. The Hall–Kier alpha value is -2.93. The molecule has 1 aromatic heterocycles. The number of amides is 1. The summed E-state index contributed by atoms with van der Waals surface area (Å²) in [6.07, 6.45) is 4.37. The average molecular weight is 303 g/mol. The lowest BCUT2D eigenvalue weighted by molar-refractivity contribution is 0.0954. The molecule has 0 saturated heterocycles. The number of benzene rings is 1. The van der Waals surface area contributed by atoms with Crippen molar-refractivity contribution in [2.45, 2.75) is 0 Å². The number of nitrogens with zero attached hydrogens (tertiary/aromatic N) is 2. The summed E-state index contributed by atoms with van der Waals surface area (Å²) in [5.74, 6) is 0.185. The molecule has 3 N–H and O–H groups in total. The summed E-state index contributed by atoms with van der Waals surface area (Å²) in [5, 5.41) is 20.5. The SMILES string of the molecule is CO.COc1ccc(/C=N/NC(=O)c2cccnc2)c(O)c1. The van der Waals surface area contributed by atoms with E-state index in [4.69, 9.17) is 9.84 Å². The number of nitrogens with one attached hydrogen (secondary N) is 1. The number of aliphatic hydroxyl groups is 1. The lowest BCUT2D eigenvalue weighted by atomic mass is 10.2. The minimum atomic E-state index is -0.373. The molecule has 0 saturated carbocycles. The van der Waals surface area contributed by atoms with Gasteiger partial charge in [0, 0.05) is 31.1 Å². The molecule has 1 aromatic carbocycles. The fourth-order valence-electron chi connectivity index (χ4n) is 1.48. The molecule has 0 radical (unpaired) electrons. The first kappa shape index (κ1) is 17.1. The number of rotatable bonds is 4. The van der Waals surface area contributed by atoms with Crippen molar-refractivity contribution in [3.8, 4) is 11.5 Å². The van der Waals surface area contributed by atoms with E-state index in [0.29, 0.717) is 16.9 Å². The topological polar surface area (TPSA) is 104 Å². The highest BCUT2D eigenvalue weighted by molar-refractivity contribution is 5.94. The third kappa shape index (κ3) is 4.88. The van der Waals surface area contributed by atoms with Crippen molar-refractivity contribution in [3.05, 3.63) is 53.9 Å². The van der Waals surface area contributed by atoms with Crippen LogP contribution in [-0.2, 0) is 0 Å². The minimum absolute atomic E-state index is 0.0173. The maximum absolute atomic E-state index is 11.7. The zero-order chi connectivity index (χ0) is 16.4. The van der Waals surface area contributed by atoms with E-state index in [1.165, 1.54) is 25.6 Å². The van der Waals surface area contributed by atoms with Crippen LogP contribution in [-0.4, -0.2) is 41.5 Å². The standard InChI is InChI=1S/C14H13N3O3.CH4O/c1-20-12-5-4-10(13(18)7-12)9-16-17-14(19)11-3-2-6-15-8-11;1-2/h2-9,18H,1H3,(H,17,19);2H,1H3/b16-9+;. The molecular formula is C15H17N3O4. The van der Waals surface area contributed by atoms with Gasteiger partial charge in [-0.05, 0) is 24.3 Å². The molecule has 0 aliphatic carbocycles. The van der Waals surface area contributed by atoms with Crippen molar-refractivity contribution >= 4 is 12.1 Å². The molecule has 0 fully saturated rings. The molecule has 0 unspecified atom stereocenters. The Morgan fingerprint density at radius 2 is 2.14 bits per heavy atom. The van der Waals surface area contributed by atoms with Gasteiger partial charge < -0.3 is 14.9 Å². The molecule has 2 rings (SSSR count). The van der Waals surface area contributed by atoms with Gasteiger partial charge in [-0.1, -0.05) is 0 Å². The van der Waals surface area contributed by atoms with E-state index >= 15 is 0 Å². The first-order valence-corrected chi connectivity index (χ1v) is 6.26. The number of aromatic hydroxyl groups is 1. The summed E-state index contributed by atoms with van der Waals surface area (Å²) in [4.78, 5) is 15.5. The number of pyridine rings is 1. The van der Waals surface area contributed by atoms with Crippen LogP contribution in [0.4, 0.5) is 0 Å². The van der Waals surface area contributed by atoms with E-state index < -0.39 is 0 Å². The number of ether oxygens (including phenoxy) is 1. The van der Waals surface area contributed by atoms with Gasteiger partial charge in [0.25, 0.3) is 5.91 Å². The van der Waals surface area contributed by atoms with E-state index in [-0.39, 0.29) is 11.7 Å². The smallest absolute Gasteiger partial charge is 0.272 e. The fourth-order valence-corrected chi connectivity index (χ4v) is 1.48. The van der Waals surface area contributed by atoms with E-state index in [1.54, 1.807) is 30.5 Å². The minimum Gasteiger partial charge on any atom is -0.507 e. The highest BCUT2D eigenvalue weighted by Crippen LogP contribution is 2.21. The molecule has 0 aliphatic rings. The van der Waals surface area contributed by atoms with Crippen LogP contribution in [0.25, 0.3) is 0 Å². The van der Waals surface area contributed by atoms with Gasteiger partial charge in [-0.25, -0.2) is 5.43 Å². The Morgan fingerprint density at radius 3 is 2.73 bits per heavy atom. The maximum atomic E-state index is 11.7. The second-order valence-corrected chi connectivity index (χ2v) is 3.87. The van der Waals surface area contributed by atoms with Crippen LogP contribution in [0.5, 0.6) is 11.5 Å². The highest BCUT2D eigenvalue weighted by Gasteiger charge is 2.03. The second-order valence-electron chi connectivity index (χ2n) is 3.87. The molecule has 2 aromatic rings. The van der Waals surface area contributed by atoms with Crippen LogP contribution >= 0.6 is 0 Å². The summed E-state index contributed by atoms with van der Waals surface area (Å²) < 4.78 is 4.97. The van der Waals surface area contributed by atoms with Crippen molar-refractivity contribution in [1.29, 1.82) is 0 Å². The summed E-state index contributed by atoms with van der Waals surface area (Å²) in [6, 6.07) is 8.07. The Morgan fingerprint density at radius 1 is 1.36 bits per heavy atom. The first-order chi connectivity index (χ1) is 10.7. The van der Waals surface area contributed by atoms with Gasteiger partial charge in [-0.3, -0.25) is 9.78 Å². The van der Waals surface area contributed by atoms with Crippen LogP contribution in [0.1, 0.15) is 15.9 Å². The third-order valence-electron chi connectivity index (χ3n) is 2.53. The number of hydrogen-bond acceptors (Lipinski definition) is 6. The average Bonchev–Trinajstić information content (AvgIpc) is 2.58. The van der Waals surface area contributed by atoms with Gasteiger partial charge in [-0.2, -0.15) is 5.10 Å². The molecule has 0 atom stereocenters. The van der Waals surface area contributed by atoms with Crippen molar-refractivity contribution in [3.63, 3.8) is 0 Å². The van der Waals surface area contributed by atoms with Crippen molar-refractivity contribution < 1.29 is 19.7 Å². The predicted octanol–water partition coefficient (Wildman–Crippen LogP) is 1.17. The van der Waals surface area contributed by atoms with Gasteiger partial charge in [0.15, 0.2) is 0 Å². The summed E-state index contributed by atoms with van der Waals surface area (Å²) in [7, 11) is 2.51. The molecule has 7 nitrogen and oxygen atoms in total. The highest BCUT2D eigenvalue weighted by atomic mass is 16.5. The zero-order valence-corrected chi connectivity index (χ0v) is 12.2. The molecule has 1 amide bonds. The monoisotopic (exact) mass is 303 g/mol. The Balaban J connectivity index is 0.00000116. The molecule has 0 aliphatic heterocycles. The van der Waals surface area contributed by atoms with Crippen LogP contribution in [0.2, 0.25) is 0 Å². The predicted molar refractivity (Wildman–Crippen MR) is 82.1 cm³/mol. The molecule has 116 valence electrons. The summed E-state index contributed by atoms with van der Waals surface area (Å²) in [6.45, 7) is 0. The number of aromatic nitrogens is 1. The van der Waals surface area contributed by atoms with Crippen molar-refractivity contribution in [2.75, 3.05) is 14.2 Å². The van der Waals surface area contributed by atoms with Gasteiger partial charge in [0.1, 0.15) is 11.5 Å². The number of carbonyl (C=O) groups excluding carboxylic acids is 1. The molecule has 0 spiro atoms. The number of phenols is 1. The van der Waals surface area contributed by atoms with E-state index in [1.807, 2.05) is 0 Å². The van der Waals surface area contributed by atoms with E-state index in [9.17, 15) is 9.90 Å². The number of carbonyl (C=O) groups is 1. The lowest BCUT2D eigenvalue weighted by Crippen LogP contribution is -2.17. The number of hydrazone groups is 1. The summed E-state index contributed by atoms with van der Waals surface area (Å²) in [5.41, 5.74) is 3.23. The number of aliphatic hydroxyl groups excluding tert-OH is 1. The van der Waals surface area contributed by atoms with Crippen molar-refractivity contribution in [1.82, 2.24) is 10.4 Å². The zero-order valence-electron chi connectivity index (χ0n) is 12.2. The third-order valence-corrected chi connectivity index (χ3v) is 2.53. The normalized spacial score (nSPS) is 9.77. The Kier molecular flexibility index (Phi) is 7.07. The van der Waals surface area contributed by atoms with Gasteiger partial charge in [0.05, 0.1) is 18.9 Å². The summed E-state index contributed by atoms with van der Waals surface area (Å²) >= 11 is 0. The Labute approximate surface area is 127 Å². The number of methoxy groups -OCH3 is 1. The lowest BCUT2D eigenvalue weighted by Gasteiger charge is -2.03. The quantitative estimate of drug-likeness (QED) is 0.581. The van der Waals surface area contributed by atoms with Gasteiger partial charge in [-0.15, -0.1) is 0 Å². The largest absolute Gasteiger partial charge is 0.507 e. The van der Waals surface area contributed by atoms with Crippen LogP contribution < -0.4 is 10.2 Å². The maximum Gasteiger partial charge on any atom is 0.272 e. The van der Waals surface area contributed by atoms with Gasteiger partial charge >= 0.3 is 0 Å². The molecular weight excluding hydrogens is 286 g/mol. The number of hydrogen-bond donors (Lipinski definition) is 3. The van der Waals surface area contributed by atoms with Crippen LogP contribution in [0.3, 0.4) is 0 Å². The van der Waals surface area contributed by atoms with E-state index in [0.717, 1.165) is 7.11 Å². The van der Waals surface area contributed by atoms with Gasteiger partial charge in [0.2, 0.25) is 0 Å². The molecule has 7 heteroatoms. The number of phenolic OH excluding ortho intramolecular Hbond substituents is 1. The Bertz CT molecular complexity index is 630. The molecule has 1 heterocycles.